The zero-order valence-corrected chi connectivity index (χ0v) is 10.2. The quantitative estimate of drug-likeness (QED) is 0.782. The number of nitrogens with zero attached hydrogens (tertiary/aromatic N) is 2. The average molecular weight is 261 g/mol. The van der Waals surface area contributed by atoms with E-state index >= 15 is 0 Å². The molecule has 2 N–H and O–H groups in total. The average Bonchev–Trinajstić information content (AvgIpc) is 2.81. The van der Waals surface area contributed by atoms with Crippen LogP contribution < -0.4 is 10.6 Å². The molecule has 1 aliphatic heterocycles. The Morgan fingerprint density at radius 1 is 1.62 bits per heavy atom. The Balaban J connectivity index is 0.00000128. The highest BCUT2D eigenvalue weighted by Gasteiger charge is 2.09. The molecule has 2 heterocycles. The lowest BCUT2D eigenvalue weighted by molar-refractivity contribution is 0.0952. The van der Waals surface area contributed by atoms with Crippen molar-refractivity contribution in [3.05, 3.63) is 23.5 Å². The Labute approximate surface area is 104 Å². The minimum atomic E-state index is -0.150. The second kappa shape index (κ2) is 6.57. The van der Waals surface area contributed by atoms with E-state index in [0.29, 0.717) is 12.2 Å². The van der Waals surface area contributed by atoms with Crippen LogP contribution in [0.25, 0.3) is 0 Å². The van der Waals surface area contributed by atoms with Gasteiger partial charge in [0.1, 0.15) is 0 Å². The van der Waals surface area contributed by atoms with Crippen molar-refractivity contribution < 1.29 is 4.79 Å². The van der Waals surface area contributed by atoms with E-state index in [1.807, 2.05) is 0 Å². The molecule has 5 nitrogen and oxygen atoms in total. The van der Waals surface area contributed by atoms with E-state index in [4.69, 9.17) is 0 Å². The summed E-state index contributed by atoms with van der Waals surface area (Å²) in [6.45, 7) is 2.49. The molecule has 0 unspecified atom stereocenters. The standard InChI is InChI=1S/C9H12N4OS.ClH/c14-9(8-6-12-15-13-8)11-5-7-1-3-10-4-2-7;/h1,6,10H,2-5H2,(H,11,14);1H. The van der Waals surface area contributed by atoms with E-state index in [1.54, 1.807) is 0 Å². The Hall–Kier alpha value is -0.980. The van der Waals surface area contributed by atoms with Gasteiger partial charge in [0.25, 0.3) is 5.91 Å². The molecule has 0 radical (unpaired) electrons. The van der Waals surface area contributed by atoms with Crippen molar-refractivity contribution in [1.82, 2.24) is 19.4 Å². The number of carbonyl (C=O) groups excluding carboxylic acids is 1. The highest BCUT2D eigenvalue weighted by molar-refractivity contribution is 6.99. The van der Waals surface area contributed by atoms with Crippen LogP contribution in [0.15, 0.2) is 17.8 Å². The van der Waals surface area contributed by atoms with Crippen LogP contribution in [-0.2, 0) is 0 Å². The molecule has 0 aliphatic carbocycles. The minimum absolute atomic E-state index is 0. The fraction of sp³-hybridized carbons (Fsp3) is 0.444. The summed E-state index contributed by atoms with van der Waals surface area (Å²) in [5.41, 5.74) is 1.67. The summed E-state index contributed by atoms with van der Waals surface area (Å²) in [5, 5.41) is 6.04. The molecule has 0 bridgehead atoms. The Morgan fingerprint density at radius 3 is 3.12 bits per heavy atom. The zero-order valence-electron chi connectivity index (χ0n) is 8.60. The summed E-state index contributed by atoms with van der Waals surface area (Å²) in [6, 6.07) is 0. The summed E-state index contributed by atoms with van der Waals surface area (Å²) in [7, 11) is 0. The largest absolute Gasteiger partial charge is 0.347 e. The topological polar surface area (TPSA) is 66.9 Å². The van der Waals surface area contributed by atoms with Crippen LogP contribution in [0.4, 0.5) is 0 Å². The van der Waals surface area contributed by atoms with Crippen molar-refractivity contribution >= 4 is 30.0 Å². The second-order valence-electron chi connectivity index (χ2n) is 3.29. The second-order valence-corrected chi connectivity index (χ2v) is 3.85. The van der Waals surface area contributed by atoms with E-state index in [2.05, 4.69) is 25.5 Å². The van der Waals surface area contributed by atoms with Gasteiger partial charge in [-0.3, -0.25) is 4.79 Å². The maximum Gasteiger partial charge on any atom is 0.272 e. The predicted octanol–water partition coefficient (Wildman–Crippen LogP) is 0.609. The SMILES string of the molecule is Cl.O=C(NCC1=CCNCC1)c1cnsn1. The smallest absolute Gasteiger partial charge is 0.272 e. The fourth-order valence-electron chi connectivity index (χ4n) is 1.38. The van der Waals surface area contributed by atoms with E-state index in [9.17, 15) is 4.79 Å². The molecule has 0 fully saturated rings. The third kappa shape index (κ3) is 3.55. The normalized spacial score (nSPS) is 14.9. The lowest BCUT2D eigenvalue weighted by atomic mass is 10.1. The first-order chi connectivity index (χ1) is 7.36. The molecule has 0 aromatic carbocycles. The first kappa shape index (κ1) is 13.1. The van der Waals surface area contributed by atoms with Crippen molar-refractivity contribution in [1.29, 1.82) is 0 Å². The molecule has 7 heteroatoms. The summed E-state index contributed by atoms with van der Waals surface area (Å²) in [4.78, 5) is 11.5. The van der Waals surface area contributed by atoms with Crippen LogP contribution in [0, 0.1) is 0 Å². The lowest BCUT2D eigenvalue weighted by Gasteiger charge is -2.13. The van der Waals surface area contributed by atoms with Gasteiger partial charge in [-0.15, -0.1) is 12.4 Å². The number of rotatable bonds is 3. The fourth-order valence-corrected chi connectivity index (χ4v) is 1.79. The van der Waals surface area contributed by atoms with Gasteiger partial charge in [-0.25, -0.2) is 0 Å². The van der Waals surface area contributed by atoms with E-state index in [0.717, 1.165) is 31.2 Å². The monoisotopic (exact) mass is 260 g/mol. The summed E-state index contributed by atoms with van der Waals surface area (Å²) < 4.78 is 7.65. The number of amides is 1. The molecular weight excluding hydrogens is 248 g/mol. The third-order valence-corrected chi connectivity index (χ3v) is 2.71. The van der Waals surface area contributed by atoms with Crippen LogP contribution in [0.1, 0.15) is 16.9 Å². The van der Waals surface area contributed by atoms with Crippen LogP contribution in [0.5, 0.6) is 0 Å². The van der Waals surface area contributed by atoms with E-state index in [1.165, 1.54) is 11.8 Å². The highest BCUT2D eigenvalue weighted by atomic mass is 35.5. The summed E-state index contributed by atoms with van der Waals surface area (Å²) in [5.74, 6) is -0.150. The number of nitrogens with one attached hydrogen (secondary N) is 2. The predicted molar refractivity (Wildman–Crippen MR) is 65.1 cm³/mol. The number of carbonyl (C=O) groups is 1. The third-order valence-electron chi connectivity index (χ3n) is 2.23. The van der Waals surface area contributed by atoms with Gasteiger partial charge < -0.3 is 10.6 Å². The Morgan fingerprint density at radius 2 is 2.50 bits per heavy atom. The summed E-state index contributed by atoms with van der Waals surface area (Å²) in [6.07, 6.45) is 4.59. The van der Waals surface area contributed by atoms with Crippen LogP contribution in [-0.4, -0.2) is 34.3 Å². The number of aromatic nitrogens is 2. The van der Waals surface area contributed by atoms with Gasteiger partial charge in [0.05, 0.1) is 17.9 Å². The molecule has 1 aromatic rings. The van der Waals surface area contributed by atoms with Crippen molar-refractivity contribution in [3.63, 3.8) is 0 Å². The molecule has 0 saturated carbocycles. The summed E-state index contributed by atoms with van der Waals surface area (Å²) >= 11 is 1.04. The maximum atomic E-state index is 11.5. The molecule has 88 valence electrons. The minimum Gasteiger partial charge on any atom is -0.347 e. The van der Waals surface area contributed by atoms with Gasteiger partial charge >= 0.3 is 0 Å². The maximum absolute atomic E-state index is 11.5. The van der Waals surface area contributed by atoms with Gasteiger partial charge in [0.15, 0.2) is 5.69 Å². The van der Waals surface area contributed by atoms with Gasteiger partial charge in [-0.05, 0) is 13.0 Å². The molecular formula is C9H13ClN4OS. The first-order valence-electron chi connectivity index (χ1n) is 4.80. The number of halogens is 1. The van der Waals surface area contributed by atoms with Gasteiger partial charge in [0, 0.05) is 13.1 Å². The molecule has 0 saturated heterocycles. The molecule has 16 heavy (non-hydrogen) atoms. The van der Waals surface area contributed by atoms with Crippen molar-refractivity contribution in [3.8, 4) is 0 Å². The molecule has 0 spiro atoms. The Kier molecular flexibility index (Phi) is 5.37. The van der Waals surface area contributed by atoms with Gasteiger partial charge in [-0.2, -0.15) is 8.75 Å². The first-order valence-corrected chi connectivity index (χ1v) is 5.53. The van der Waals surface area contributed by atoms with Crippen LogP contribution in [0.2, 0.25) is 0 Å². The number of hydrogen-bond acceptors (Lipinski definition) is 5. The van der Waals surface area contributed by atoms with Gasteiger partial charge in [-0.1, -0.05) is 11.6 Å². The van der Waals surface area contributed by atoms with E-state index in [-0.39, 0.29) is 18.3 Å². The van der Waals surface area contributed by atoms with Crippen LogP contribution >= 0.6 is 24.1 Å². The van der Waals surface area contributed by atoms with Gasteiger partial charge in [0.2, 0.25) is 0 Å². The van der Waals surface area contributed by atoms with Crippen LogP contribution in [0.3, 0.4) is 0 Å². The molecule has 2 rings (SSSR count). The zero-order chi connectivity index (χ0) is 10.5. The molecule has 1 amide bonds. The van der Waals surface area contributed by atoms with Crippen molar-refractivity contribution in [2.45, 2.75) is 6.42 Å². The lowest BCUT2D eigenvalue weighted by Crippen LogP contribution is -2.29. The molecule has 0 atom stereocenters. The Bertz CT molecular complexity index is 366. The molecule has 1 aliphatic rings. The molecule has 1 aromatic heterocycles. The number of hydrogen-bond donors (Lipinski definition) is 2. The van der Waals surface area contributed by atoms with E-state index < -0.39 is 0 Å². The van der Waals surface area contributed by atoms with Crippen molar-refractivity contribution in [2.24, 2.45) is 0 Å². The van der Waals surface area contributed by atoms with Crippen molar-refractivity contribution in [2.75, 3.05) is 19.6 Å². The highest BCUT2D eigenvalue weighted by Crippen LogP contribution is 2.03.